The van der Waals surface area contributed by atoms with Crippen molar-refractivity contribution < 1.29 is 9.13 Å². The van der Waals surface area contributed by atoms with E-state index in [9.17, 15) is 4.39 Å². The number of hydrogen-bond donors (Lipinski definition) is 1. The van der Waals surface area contributed by atoms with Crippen LogP contribution in [0, 0.1) is 11.2 Å². The molecule has 3 aromatic rings. The number of methoxy groups -OCH3 is 1. The van der Waals surface area contributed by atoms with E-state index >= 15 is 0 Å². The maximum Gasteiger partial charge on any atom is 0.123 e. The van der Waals surface area contributed by atoms with Gasteiger partial charge in [0.1, 0.15) is 16.6 Å². The van der Waals surface area contributed by atoms with Crippen LogP contribution in [0.4, 0.5) is 4.39 Å². The van der Waals surface area contributed by atoms with Gasteiger partial charge in [-0.25, -0.2) is 9.37 Å². The molecule has 1 N–H and O–H groups in total. The van der Waals surface area contributed by atoms with Crippen molar-refractivity contribution in [1.29, 1.82) is 0 Å². The van der Waals surface area contributed by atoms with Crippen molar-refractivity contribution in [3.05, 3.63) is 71.0 Å². The molecule has 1 unspecified atom stereocenters. The first-order valence-electron chi connectivity index (χ1n) is 8.94. The fourth-order valence-corrected chi connectivity index (χ4v) is 3.88. The van der Waals surface area contributed by atoms with Gasteiger partial charge >= 0.3 is 0 Å². The summed E-state index contributed by atoms with van der Waals surface area (Å²) in [6.07, 6.45) is 0. The molecule has 5 heteroatoms. The molecule has 1 atom stereocenters. The van der Waals surface area contributed by atoms with Crippen LogP contribution < -0.4 is 10.1 Å². The minimum Gasteiger partial charge on any atom is -0.497 e. The van der Waals surface area contributed by atoms with Gasteiger partial charge in [-0.05, 0) is 35.2 Å². The highest BCUT2D eigenvalue weighted by atomic mass is 32.1. The highest BCUT2D eigenvalue weighted by Gasteiger charge is 2.26. The average molecular weight is 385 g/mol. The first-order valence-corrected chi connectivity index (χ1v) is 9.82. The van der Waals surface area contributed by atoms with E-state index in [2.05, 4.69) is 31.5 Å². The summed E-state index contributed by atoms with van der Waals surface area (Å²) in [7, 11) is 1.67. The third kappa shape index (κ3) is 4.93. The quantitative estimate of drug-likeness (QED) is 0.580. The summed E-state index contributed by atoms with van der Waals surface area (Å²) < 4.78 is 18.6. The summed E-state index contributed by atoms with van der Waals surface area (Å²) in [5, 5.41) is 6.64. The SMILES string of the molecule is COc1cccc(-c2nc(CNC(c3ccc(F)cc3)C(C)(C)C)cs2)c1. The lowest BCUT2D eigenvalue weighted by Gasteiger charge is -2.32. The van der Waals surface area contributed by atoms with E-state index in [0.29, 0.717) is 6.54 Å². The van der Waals surface area contributed by atoms with Crippen molar-refractivity contribution in [2.45, 2.75) is 33.4 Å². The molecule has 2 aromatic carbocycles. The number of benzene rings is 2. The Morgan fingerprint density at radius 1 is 1.15 bits per heavy atom. The Labute approximate surface area is 164 Å². The summed E-state index contributed by atoms with van der Waals surface area (Å²) in [6.45, 7) is 7.18. The second-order valence-corrected chi connectivity index (χ2v) is 8.47. The van der Waals surface area contributed by atoms with Crippen LogP contribution in [0.1, 0.15) is 38.1 Å². The van der Waals surface area contributed by atoms with E-state index < -0.39 is 0 Å². The molecule has 0 aliphatic heterocycles. The van der Waals surface area contributed by atoms with Crippen LogP contribution in [0.5, 0.6) is 5.75 Å². The van der Waals surface area contributed by atoms with Crippen molar-refractivity contribution >= 4 is 11.3 Å². The van der Waals surface area contributed by atoms with Crippen LogP contribution in [0.3, 0.4) is 0 Å². The van der Waals surface area contributed by atoms with Crippen LogP contribution in [0.15, 0.2) is 53.9 Å². The lowest BCUT2D eigenvalue weighted by Crippen LogP contribution is -2.32. The number of nitrogens with one attached hydrogen (secondary N) is 1. The monoisotopic (exact) mass is 384 g/mol. The van der Waals surface area contributed by atoms with Gasteiger partial charge in [0.25, 0.3) is 0 Å². The van der Waals surface area contributed by atoms with Gasteiger partial charge in [-0.3, -0.25) is 0 Å². The van der Waals surface area contributed by atoms with Crippen LogP contribution in [-0.4, -0.2) is 12.1 Å². The van der Waals surface area contributed by atoms with Gasteiger partial charge in [0.05, 0.1) is 12.8 Å². The minimum atomic E-state index is -0.214. The molecule has 0 aliphatic rings. The molecule has 0 saturated heterocycles. The number of aromatic nitrogens is 1. The second kappa shape index (κ2) is 8.19. The Morgan fingerprint density at radius 3 is 2.56 bits per heavy atom. The predicted molar refractivity (Wildman–Crippen MR) is 110 cm³/mol. The molecule has 3 nitrogen and oxygen atoms in total. The Hall–Kier alpha value is -2.24. The van der Waals surface area contributed by atoms with Crippen molar-refractivity contribution in [1.82, 2.24) is 10.3 Å². The van der Waals surface area contributed by atoms with E-state index in [1.807, 2.05) is 36.4 Å². The van der Waals surface area contributed by atoms with Crippen LogP contribution in [0.2, 0.25) is 0 Å². The zero-order valence-electron chi connectivity index (χ0n) is 16.1. The molecule has 0 bridgehead atoms. The molecule has 0 fully saturated rings. The molecule has 0 amide bonds. The zero-order valence-corrected chi connectivity index (χ0v) is 16.9. The Kier molecular flexibility index (Phi) is 5.92. The van der Waals surface area contributed by atoms with Crippen LogP contribution in [0.25, 0.3) is 10.6 Å². The molecular weight excluding hydrogens is 359 g/mol. The molecule has 1 heterocycles. The number of rotatable bonds is 6. The molecule has 0 aliphatic carbocycles. The van der Waals surface area contributed by atoms with Gasteiger partial charge in [0.2, 0.25) is 0 Å². The molecular formula is C22H25FN2OS. The maximum atomic E-state index is 13.3. The topological polar surface area (TPSA) is 34.1 Å². The largest absolute Gasteiger partial charge is 0.497 e. The smallest absolute Gasteiger partial charge is 0.123 e. The van der Waals surface area contributed by atoms with Gasteiger partial charge < -0.3 is 10.1 Å². The van der Waals surface area contributed by atoms with E-state index in [4.69, 9.17) is 9.72 Å². The highest BCUT2D eigenvalue weighted by Crippen LogP contribution is 2.33. The normalized spacial score (nSPS) is 12.8. The lowest BCUT2D eigenvalue weighted by atomic mass is 9.82. The Bertz CT molecular complexity index is 884. The van der Waals surface area contributed by atoms with Crippen molar-refractivity contribution in [2.24, 2.45) is 5.41 Å². The number of thiazole rings is 1. The number of ether oxygens (including phenoxy) is 1. The van der Waals surface area contributed by atoms with Gasteiger partial charge in [0, 0.05) is 23.5 Å². The number of hydrogen-bond acceptors (Lipinski definition) is 4. The summed E-state index contributed by atoms with van der Waals surface area (Å²) in [5.74, 6) is 0.611. The summed E-state index contributed by atoms with van der Waals surface area (Å²) >= 11 is 1.62. The standard InChI is InChI=1S/C22H25FN2OS/c1-22(2,3)20(15-8-10-17(23)11-9-15)24-13-18-14-27-21(25-18)16-6-5-7-19(12-16)26-4/h5-12,14,20,24H,13H2,1-4H3. The first kappa shape index (κ1) is 19.5. The van der Waals surface area contributed by atoms with E-state index in [1.54, 1.807) is 18.4 Å². The van der Waals surface area contributed by atoms with Gasteiger partial charge in [-0.15, -0.1) is 11.3 Å². The van der Waals surface area contributed by atoms with Crippen molar-refractivity contribution in [2.75, 3.05) is 7.11 Å². The van der Waals surface area contributed by atoms with E-state index in [0.717, 1.165) is 27.6 Å². The predicted octanol–water partition coefficient (Wildman–Crippen LogP) is 5.83. The van der Waals surface area contributed by atoms with Crippen molar-refractivity contribution in [3.8, 4) is 16.3 Å². The van der Waals surface area contributed by atoms with Gasteiger partial charge in [-0.1, -0.05) is 45.0 Å². The van der Waals surface area contributed by atoms with Crippen molar-refractivity contribution in [3.63, 3.8) is 0 Å². The summed E-state index contributed by atoms with van der Waals surface area (Å²) in [5.41, 5.74) is 3.11. The Balaban J connectivity index is 1.74. The molecule has 3 rings (SSSR count). The number of halogens is 1. The molecule has 142 valence electrons. The van der Waals surface area contributed by atoms with E-state index in [-0.39, 0.29) is 17.3 Å². The zero-order chi connectivity index (χ0) is 19.4. The maximum absolute atomic E-state index is 13.3. The van der Waals surface area contributed by atoms with E-state index in [1.165, 1.54) is 12.1 Å². The summed E-state index contributed by atoms with van der Waals surface area (Å²) in [6, 6.07) is 14.7. The molecule has 1 aromatic heterocycles. The van der Waals surface area contributed by atoms with Crippen LogP contribution >= 0.6 is 11.3 Å². The van der Waals surface area contributed by atoms with Gasteiger partial charge in [-0.2, -0.15) is 0 Å². The summed E-state index contributed by atoms with van der Waals surface area (Å²) in [4.78, 5) is 4.76. The Morgan fingerprint density at radius 2 is 1.89 bits per heavy atom. The lowest BCUT2D eigenvalue weighted by molar-refractivity contribution is 0.270. The molecule has 0 saturated carbocycles. The third-order valence-electron chi connectivity index (χ3n) is 4.43. The first-order chi connectivity index (χ1) is 12.9. The van der Waals surface area contributed by atoms with Gasteiger partial charge in [0.15, 0.2) is 0 Å². The highest BCUT2D eigenvalue weighted by molar-refractivity contribution is 7.13. The average Bonchev–Trinajstić information content (AvgIpc) is 3.11. The molecule has 27 heavy (non-hydrogen) atoms. The number of nitrogens with zero attached hydrogens (tertiary/aromatic N) is 1. The fraction of sp³-hybridized carbons (Fsp3) is 0.318. The molecule has 0 radical (unpaired) electrons. The van der Waals surface area contributed by atoms with Crippen LogP contribution in [-0.2, 0) is 6.54 Å². The third-order valence-corrected chi connectivity index (χ3v) is 5.37. The second-order valence-electron chi connectivity index (χ2n) is 7.61. The molecule has 0 spiro atoms. The fourth-order valence-electron chi connectivity index (χ4n) is 3.06. The minimum absolute atomic E-state index is 0.0104.